The second-order valence-electron chi connectivity index (χ2n) is 4.81. The highest BCUT2D eigenvalue weighted by atomic mass is 16.6. The number of nitro groups is 1. The molecule has 1 aromatic rings. The van der Waals surface area contributed by atoms with E-state index in [9.17, 15) is 14.9 Å². The highest BCUT2D eigenvalue weighted by molar-refractivity contribution is 5.76. The number of carbonyl (C=O) groups is 1. The largest absolute Gasteiger partial charge is 0.491 e. The fourth-order valence-corrected chi connectivity index (χ4v) is 1.83. The zero-order valence-corrected chi connectivity index (χ0v) is 11.8. The Balaban J connectivity index is 1.95. The van der Waals surface area contributed by atoms with Gasteiger partial charge in [0.1, 0.15) is 18.4 Å². The van der Waals surface area contributed by atoms with Crippen LogP contribution in [0.1, 0.15) is 19.8 Å². The molecule has 114 valence electrons. The summed E-state index contributed by atoms with van der Waals surface area (Å²) in [5.74, 6) is -0.00840. The van der Waals surface area contributed by atoms with Crippen LogP contribution in [0.4, 0.5) is 5.69 Å². The summed E-state index contributed by atoms with van der Waals surface area (Å²) < 4.78 is 10.5. The third-order valence-corrected chi connectivity index (χ3v) is 3.03. The summed E-state index contributed by atoms with van der Waals surface area (Å²) in [6, 6.07) is 5.65. The van der Waals surface area contributed by atoms with Gasteiger partial charge in [0.25, 0.3) is 5.69 Å². The van der Waals surface area contributed by atoms with Crippen LogP contribution in [0.5, 0.6) is 5.75 Å². The SMILES string of the molecule is CCOC(=O)C(COc1cccc([N+](=O)[O-])c1)NC1CC1. The first-order valence-electron chi connectivity index (χ1n) is 6.90. The molecule has 7 nitrogen and oxygen atoms in total. The normalized spacial score (nSPS) is 15.3. The molecule has 7 heteroatoms. The van der Waals surface area contributed by atoms with E-state index < -0.39 is 11.0 Å². The number of rotatable bonds is 8. The Morgan fingerprint density at radius 3 is 2.90 bits per heavy atom. The van der Waals surface area contributed by atoms with Gasteiger partial charge in [-0.15, -0.1) is 0 Å². The fraction of sp³-hybridized carbons (Fsp3) is 0.500. The van der Waals surface area contributed by atoms with E-state index >= 15 is 0 Å². The van der Waals surface area contributed by atoms with Gasteiger partial charge in [0.05, 0.1) is 17.6 Å². The molecule has 0 saturated heterocycles. The molecule has 21 heavy (non-hydrogen) atoms. The van der Waals surface area contributed by atoms with Crippen molar-refractivity contribution in [2.75, 3.05) is 13.2 Å². The van der Waals surface area contributed by atoms with E-state index in [0.717, 1.165) is 12.8 Å². The number of ether oxygens (including phenoxy) is 2. The average Bonchev–Trinajstić information content (AvgIpc) is 3.28. The summed E-state index contributed by atoms with van der Waals surface area (Å²) in [5.41, 5.74) is -0.0460. The Morgan fingerprint density at radius 2 is 2.29 bits per heavy atom. The van der Waals surface area contributed by atoms with E-state index in [1.165, 1.54) is 12.1 Å². The van der Waals surface area contributed by atoms with Gasteiger partial charge in [0.2, 0.25) is 0 Å². The van der Waals surface area contributed by atoms with Crippen molar-refractivity contribution >= 4 is 11.7 Å². The van der Waals surface area contributed by atoms with Gasteiger partial charge in [-0.05, 0) is 25.8 Å². The predicted octanol–water partition coefficient (Wildman–Crippen LogP) is 1.66. The van der Waals surface area contributed by atoms with Gasteiger partial charge in [0, 0.05) is 12.1 Å². The Kier molecular flexibility index (Phi) is 5.10. The second kappa shape index (κ2) is 7.03. The van der Waals surface area contributed by atoms with Gasteiger partial charge >= 0.3 is 5.97 Å². The van der Waals surface area contributed by atoms with Gasteiger partial charge in [-0.2, -0.15) is 0 Å². The number of nitrogens with one attached hydrogen (secondary N) is 1. The van der Waals surface area contributed by atoms with Crippen LogP contribution in [0, 0.1) is 10.1 Å². The minimum atomic E-state index is -0.559. The summed E-state index contributed by atoms with van der Waals surface area (Å²) in [5, 5.41) is 13.9. The molecule has 1 aromatic carbocycles. The smallest absolute Gasteiger partial charge is 0.326 e. The molecule has 0 amide bonds. The van der Waals surface area contributed by atoms with Gasteiger partial charge in [-0.1, -0.05) is 6.07 Å². The predicted molar refractivity (Wildman–Crippen MR) is 75.2 cm³/mol. The molecular formula is C14H18N2O5. The van der Waals surface area contributed by atoms with Crippen LogP contribution in [0.25, 0.3) is 0 Å². The van der Waals surface area contributed by atoms with Crippen molar-refractivity contribution in [1.82, 2.24) is 5.32 Å². The zero-order chi connectivity index (χ0) is 15.2. The molecule has 1 N–H and O–H groups in total. The third-order valence-electron chi connectivity index (χ3n) is 3.03. The van der Waals surface area contributed by atoms with Crippen molar-refractivity contribution in [2.24, 2.45) is 0 Å². The van der Waals surface area contributed by atoms with E-state index in [4.69, 9.17) is 9.47 Å². The lowest BCUT2D eigenvalue weighted by Crippen LogP contribution is -2.43. The standard InChI is InChI=1S/C14H18N2O5/c1-2-20-14(17)13(15-10-6-7-10)9-21-12-5-3-4-11(8-12)16(18)19/h3-5,8,10,13,15H,2,6-7,9H2,1H3. The Labute approximate surface area is 122 Å². The first-order chi connectivity index (χ1) is 10.1. The lowest BCUT2D eigenvalue weighted by molar-refractivity contribution is -0.384. The number of hydrogen-bond acceptors (Lipinski definition) is 6. The highest BCUT2D eigenvalue weighted by Crippen LogP contribution is 2.21. The van der Waals surface area contributed by atoms with Crippen LogP contribution < -0.4 is 10.1 Å². The van der Waals surface area contributed by atoms with E-state index in [2.05, 4.69) is 5.32 Å². The number of non-ortho nitro benzene ring substituents is 1. The summed E-state index contributed by atoms with van der Waals surface area (Å²) in [4.78, 5) is 22.0. The first kappa shape index (κ1) is 15.2. The van der Waals surface area contributed by atoms with Crippen LogP contribution in [0.15, 0.2) is 24.3 Å². The monoisotopic (exact) mass is 294 g/mol. The van der Waals surface area contributed by atoms with Crippen LogP contribution in [0.3, 0.4) is 0 Å². The van der Waals surface area contributed by atoms with Crippen molar-refractivity contribution in [3.63, 3.8) is 0 Å². The Morgan fingerprint density at radius 1 is 1.52 bits per heavy atom. The Hall–Kier alpha value is -2.15. The molecule has 1 atom stereocenters. The maximum absolute atomic E-state index is 11.8. The van der Waals surface area contributed by atoms with Crippen molar-refractivity contribution in [3.8, 4) is 5.75 Å². The van der Waals surface area contributed by atoms with Crippen molar-refractivity contribution in [3.05, 3.63) is 34.4 Å². The molecule has 0 aliphatic heterocycles. The molecule has 0 bridgehead atoms. The van der Waals surface area contributed by atoms with Crippen LogP contribution in [0.2, 0.25) is 0 Å². The lowest BCUT2D eigenvalue weighted by Gasteiger charge is -2.17. The first-order valence-corrected chi connectivity index (χ1v) is 6.90. The molecule has 1 saturated carbocycles. The van der Waals surface area contributed by atoms with Crippen molar-refractivity contribution in [1.29, 1.82) is 0 Å². The van der Waals surface area contributed by atoms with Crippen LogP contribution in [-0.4, -0.2) is 36.2 Å². The third kappa shape index (κ3) is 4.71. The fourth-order valence-electron chi connectivity index (χ4n) is 1.83. The highest BCUT2D eigenvalue weighted by Gasteiger charge is 2.29. The molecule has 0 radical (unpaired) electrons. The maximum atomic E-state index is 11.8. The number of benzene rings is 1. The molecule has 1 fully saturated rings. The molecule has 1 aliphatic carbocycles. The van der Waals surface area contributed by atoms with E-state index in [-0.39, 0.29) is 18.3 Å². The number of nitro benzene ring substituents is 1. The number of esters is 1. The lowest BCUT2D eigenvalue weighted by atomic mass is 10.3. The zero-order valence-electron chi connectivity index (χ0n) is 11.8. The number of nitrogens with zero attached hydrogens (tertiary/aromatic N) is 1. The summed E-state index contributed by atoms with van der Waals surface area (Å²) in [6.45, 7) is 2.13. The minimum absolute atomic E-state index is 0.0460. The summed E-state index contributed by atoms with van der Waals surface area (Å²) in [7, 11) is 0. The molecule has 2 rings (SSSR count). The van der Waals surface area contributed by atoms with Crippen molar-refractivity contribution in [2.45, 2.75) is 31.8 Å². The molecule has 0 spiro atoms. The average molecular weight is 294 g/mol. The topological polar surface area (TPSA) is 90.7 Å². The van der Waals surface area contributed by atoms with Gasteiger partial charge in [0.15, 0.2) is 0 Å². The Bertz CT molecular complexity index is 516. The van der Waals surface area contributed by atoms with E-state index in [0.29, 0.717) is 18.4 Å². The van der Waals surface area contributed by atoms with Gasteiger partial charge in [-0.3, -0.25) is 20.2 Å². The summed E-state index contributed by atoms with van der Waals surface area (Å²) >= 11 is 0. The van der Waals surface area contributed by atoms with E-state index in [1.54, 1.807) is 19.1 Å². The van der Waals surface area contributed by atoms with E-state index in [1.807, 2.05) is 0 Å². The molecular weight excluding hydrogens is 276 g/mol. The molecule has 1 aliphatic rings. The second-order valence-corrected chi connectivity index (χ2v) is 4.81. The maximum Gasteiger partial charge on any atom is 0.326 e. The molecule has 0 aromatic heterocycles. The van der Waals surface area contributed by atoms with Crippen LogP contribution in [-0.2, 0) is 9.53 Å². The molecule has 1 unspecified atom stereocenters. The number of hydrogen-bond donors (Lipinski definition) is 1. The van der Waals surface area contributed by atoms with Crippen LogP contribution >= 0.6 is 0 Å². The number of carbonyl (C=O) groups excluding carboxylic acids is 1. The molecule has 0 heterocycles. The minimum Gasteiger partial charge on any atom is -0.491 e. The van der Waals surface area contributed by atoms with Gasteiger partial charge in [-0.25, -0.2) is 0 Å². The van der Waals surface area contributed by atoms with Gasteiger partial charge < -0.3 is 9.47 Å². The van der Waals surface area contributed by atoms with Crippen molar-refractivity contribution < 1.29 is 19.2 Å². The summed E-state index contributed by atoms with van der Waals surface area (Å²) in [6.07, 6.45) is 2.07. The quantitative estimate of drug-likeness (QED) is 0.445.